The first-order valence-electron chi connectivity index (χ1n) is 4.67. The van der Waals surface area contributed by atoms with Gasteiger partial charge in [-0.25, -0.2) is 0 Å². The molecule has 2 aliphatic rings. The van der Waals surface area contributed by atoms with Crippen molar-refractivity contribution in [3.63, 3.8) is 0 Å². The summed E-state index contributed by atoms with van der Waals surface area (Å²) in [5.74, 6) is 0.00546. The summed E-state index contributed by atoms with van der Waals surface area (Å²) in [4.78, 5) is 24.4. The lowest BCUT2D eigenvalue weighted by atomic mass is 9.77. The van der Waals surface area contributed by atoms with Gasteiger partial charge >= 0.3 is 0 Å². The normalized spacial score (nSPS) is 25.4. The smallest absolute Gasteiger partial charge is 0.235 e. The molecule has 0 atom stereocenters. The average Bonchev–Trinajstić information content (AvgIpc) is 2.33. The highest BCUT2D eigenvalue weighted by Crippen LogP contribution is 2.39. The van der Waals surface area contributed by atoms with Gasteiger partial charge in [0, 0.05) is 13.5 Å². The van der Waals surface area contributed by atoms with Crippen LogP contribution in [0.3, 0.4) is 0 Å². The Balaban J connectivity index is 0.000000980. The van der Waals surface area contributed by atoms with E-state index in [1.807, 2.05) is 0 Å². The first kappa shape index (κ1) is 11.5. The molecule has 0 aliphatic carbocycles. The van der Waals surface area contributed by atoms with Gasteiger partial charge in [-0.2, -0.15) is 0 Å². The van der Waals surface area contributed by atoms with Crippen LogP contribution in [0.4, 0.5) is 0 Å². The average molecular weight is 219 g/mol. The van der Waals surface area contributed by atoms with E-state index in [-0.39, 0.29) is 29.6 Å². The summed E-state index contributed by atoms with van der Waals surface area (Å²) in [7, 11) is 1.58. The fraction of sp³-hybridized carbons (Fsp3) is 0.778. The van der Waals surface area contributed by atoms with Gasteiger partial charge in [-0.05, 0) is 25.9 Å². The molecule has 4 nitrogen and oxygen atoms in total. The maximum atomic E-state index is 11.8. The second-order valence-electron chi connectivity index (χ2n) is 3.97. The predicted molar refractivity (Wildman–Crippen MR) is 54.2 cm³/mol. The largest absolute Gasteiger partial charge is 0.317 e. The van der Waals surface area contributed by atoms with Crippen molar-refractivity contribution in [2.24, 2.45) is 5.41 Å². The van der Waals surface area contributed by atoms with Gasteiger partial charge in [-0.1, -0.05) is 0 Å². The topological polar surface area (TPSA) is 49.4 Å². The number of carbonyl (C=O) groups excluding carboxylic acids is 2. The van der Waals surface area contributed by atoms with E-state index >= 15 is 0 Å². The first-order chi connectivity index (χ1) is 6.16. The molecule has 0 aromatic heterocycles. The van der Waals surface area contributed by atoms with E-state index in [0.717, 1.165) is 25.9 Å². The summed E-state index contributed by atoms with van der Waals surface area (Å²) >= 11 is 0. The van der Waals surface area contributed by atoms with E-state index < -0.39 is 0 Å². The molecular formula is C9H15ClN2O2. The molecule has 0 radical (unpaired) electrons. The van der Waals surface area contributed by atoms with E-state index in [0.29, 0.717) is 6.42 Å². The zero-order valence-electron chi connectivity index (χ0n) is 8.21. The summed E-state index contributed by atoms with van der Waals surface area (Å²) in [6.45, 7) is 1.71. The van der Waals surface area contributed by atoms with Crippen molar-refractivity contribution < 1.29 is 9.59 Å². The van der Waals surface area contributed by atoms with Crippen LogP contribution in [0.2, 0.25) is 0 Å². The van der Waals surface area contributed by atoms with E-state index in [4.69, 9.17) is 0 Å². The number of piperidine rings is 1. The molecule has 0 aromatic rings. The van der Waals surface area contributed by atoms with E-state index in [1.54, 1.807) is 7.05 Å². The van der Waals surface area contributed by atoms with Gasteiger partial charge in [0.2, 0.25) is 11.8 Å². The number of carbonyl (C=O) groups is 2. The van der Waals surface area contributed by atoms with Gasteiger partial charge in [0.1, 0.15) is 0 Å². The number of hydrogen-bond donors (Lipinski definition) is 1. The van der Waals surface area contributed by atoms with Crippen molar-refractivity contribution in [2.75, 3.05) is 20.1 Å². The molecule has 0 bridgehead atoms. The number of halogens is 1. The van der Waals surface area contributed by atoms with Crippen LogP contribution in [0.5, 0.6) is 0 Å². The minimum Gasteiger partial charge on any atom is -0.317 e. The molecule has 2 amide bonds. The van der Waals surface area contributed by atoms with Gasteiger partial charge < -0.3 is 5.32 Å². The Morgan fingerprint density at radius 3 is 2.29 bits per heavy atom. The molecule has 80 valence electrons. The monoisotopic (exact) mass is 218 g/mol. The maximum Gasteiger partial charge on any atom is 0.235 e. The summed E-state index contributed by atoms with van der Waals surface area (Å²) in [6, 6.07) is 0. The van der Waals surface area contributed by atoms with Crippen LogP contribution >= 0.6 is 12.4 Å². The molecule has 0 aromatic carbocycles. The van der Waals surface area contributed by atoms with Gasteiger partial charge in [0.05, 0.1) is 5.41 Å². The molecule has 5 heteroatoms. The lowest BCUT2D eigenvalue weighted by molar-refractivity contribution is -0.140. The Hall–Kier alpha value is -0.610. The Bertz CT molecular complexity index is 262. The molecule has 0 saturated carbocycles. The lowest BCUT2D eigenvalue weighted by Crippen LogP contribution is -2.41. The number of rotatable bonds is 0. The standard InChI is InChI=1S/C9H14N2O2.ClH/c1-11-7(12)6-9(8(11)13)2-4-10-5-3-9;/h10H,2-6H2,1H3;1H. The van der Waals surface area contributed by atoms with Gasteiger partial charge in [0.25, 0.3) is 0 Å². The molecule has 2 saturated heterocycles. The van der Waals surface area contributed by atoms with Crippen molar-refractivity contribution in [2.45, 2.75) is 19.3 Å². The number of hydrogen-bond acceptors (Lipinski definition) is 3. The van der Waals surface area contributed by atoms with Crippen LogP contribution in [0.1, 0.15) is 19.3 Å². The van der Waals surface area contributed by atoms with E-state index in [1.165, 1.54) is 4.90 Å². The maximum absolute atomic E-state index is 11.8. The SMILES string of the molecule is CN1C(=O)CC2(CCNCC2)C1=O.Cl. The molecule has 2 heterocycles. The van der Waals surface area contributed by atoms with Crippen LogP contribution in [0.25, 0.3) is 0 Å². The Labute approximate surface area is 89.4 Å². The van der Waals surface area contributed by atoms with Crippen LogP contribution in [0, 0.1) is 5.41 Å². The van der Waals surface area contributed by atoms with Crippen molar-refractivity contribution in [3.05, 3.63) is 0 Å². The molecule has 1 N–H and O–H groups in total. The summed E-state index contributed by atoms with van der Waals surface area (Å²) in [5, 5.41) is 3.20. The van der Waals surface area contributed by atoms with Gasteiger partial charge in [-0.15, -0.1) is 12.4 Å². The van der Waals surface area contributed by atoms with Crippen molar-refractivity contribution in [1.29, 1.82) is 0 Å². The first-order valence-corrected chi connectivity index (χ1v) is 4.67. The molecule has 1 spiro atoms. The van der Waals surface area contributed by atoms with Crippen LogP contribution in [-0.4, -0.2) is 36.9 Å². The summed E-state index contributed by atoms with van der Waals surface area (Å²) < 4.78 is 0. The Kier molecular flexibility index (Phi) is 3.17. The fourth-order valence-electron chi connectivity index (χ4n) is 2.25. The predicted octanol–water partition coefficient (Wildman–Crippen LogP) is 0.167. The molecule has 14 heavy (non-hydrogen) atoms. The van der Waals surface area contributed by atoms with E-state index in [2.05, 4.69) is 5.32 Å². The number of nitrogens with zero attached hydrogens (tertiary/aromatic N) is 1. The second kappa shape index (κ2) is 3.87. The highest BCUT2D eigenvalue weighted by Gasteiger charge is 2.49. The Morgan fingerprint density at radius 1 is 1.29 bits per heavy atom. The summed E-state index contributed by atoms with van der Waals surface area (Å²) in [6.07, 6.45) is 2.04. The van der Waals surface area contributed by atoms with Crippen LogP contribution in [-0.2, 0) is 9.59 Å². The molecular weight excluding hydrogens is 204 g/mol. The minimum atomic E-state index is -0.350. The van der Waals surface area contributed by atoms with Crippen LogP contribution in [0.15, 0.2) is 0 Å². The number of likely N-dealkylation sites (tertiary alicyclic amines) is 1. The van der Waals surface area contributed by atoms with E-state index in [9.17, 15) is 9.59 Å². The second-order valence-corrected chi connectivity index (χ2v) is 3.97. The van der Waals surface area contributed by atoms with Crippen LogP contribution < -0.4 is 5.32 Å². The zero-order valence-corrected chi connectivity index (χ0v) is 9.02. The number of nitrogens with one attached hydrogen (secondary N) is 1. The Morgan fingerprint density at radius 2 is 1.86 bits per heavy atom. The minimum absolute atomic E-state index is 0. The fourth-order valence-corrected chi connectivity index (χ4v) is 2.25. The molecule has 0 unspecified atom stereocenters. The molecule has 2 fully saturated rings. The van der Waals surface area contributed by atoms with Crippen molar-refractivity contribution >= 4 is 24.2 Å². The highest BCUT2D eigenvalue weighted by molar-refractivity contribution is 6.05. The van der Waals surface area contributed by atoms with Gasteiger partial charge in [-0.3, -0.25) is 14.5 Å². The quantitative estimate of drug-likeness (QED) is 0.590. The lowest BCUT2D eigenvalue weighted by Gasteiger charge is -2.30. The number of imide groups is 1. The molecule has 2 aliphatic heterocycles. The van der Waals surface area contributed by atoms with Crippen molar-refractivity contribution in [1.82, 2.24) is 10.2 Å². The third kappa shape index (κ3) is 1.53. The third-order valence-corrected chi connectivity index (χ3v) is 3.18. The number of amides is 2. The zero-order chi connectivity index (χ0) is 9.47. The van der Waals surface area contributed by atoms with Crippen molar-refractivity contribution in [3.8, 4) is 0 Å². The molecule has 2 rings (SSSR count). The van der Waals surface area contributed by atoms with Gasteiger partial charge in [0.15, 0.2) is 0 Å². The summed E-state index contributed by atoms with van der Waals surface area (Å²) in [5.41, 5.74) is -0.350. The highest BCUT2D eigenvalue weighted by atomic mass is 35.5. The third-order valence-electron chi connectivity index (χ3n) is 3.18.